The molecule has 0 unspecified atom stereocenters. The minimum Gasteiger partial charge on any atom is -0.373 e. The van der Waals surface area contributed by atoms with Gasteiger partial charge in [-0.3, -0.25) is 14.4 Å². The van der Waals surface area contributed by atoms with E-state index in [0.717, 1.165) is 25.2 Å². The number of aromatic nitrogens is 2. The zero-order chi connectivity index (χ0) is 18.4. The van der Waals surface area contributed by atoms with E-state index >= 15 is 0 Å². The van der Waals surface area contributed by atoms with Crippen molar-refractivity contribution in [3.8, 4) is 0 Å². The number of carbonyl (C=O) groups excluding carboxylic acids is 1. The molecule has 1 saturated heterocycles. The Morgan fingerprint density at radius 1 is 1.23 bits per heavy atom. The second-order valence-corrected chi connectivity index (χ2v) is 7.03. The van der Waals surface area contributed by atoms with Crippen molar-refractivity contribution in [1.82, 2.24) is 20.0 Å². The highest BCUT2D eigenvalue weighted by atomic mass is 16.5. The number of rotatable bonds is 7. The highest BCUT2D eigenvalue weighted by molar-refractivity contribution is 5.76. The van der Waals surface area contributed by atoms with E-state index in [0.29, 0.717) is 13.0 Å². The topological polar surface area (TPSA) is 59.4 Å². The minimum atomic E-state index is -0.0915. The van der Waals surface area contributed by atoms with Crippen molar-refractivity contribution in [3.63, 3.8) is 0 Å². The van der Waals surface area contributed by atoms with Gasteiger partial charge in [-0.1, -0.05) is 30.3 Å². The van der Waals surface area contributed by atoms with E-state index in [-0.39, 0.29) is 24.2 Å². The summed E-state index contributed by atoms with van der Waals surface area (Å²) >= 11 is 0. The average molecular weight is 356 g/mol. The molecule has 3 atom stereocenters. The van der Waals surface area contributed by atoms with Gasteiger partial charge in [0, 0.05) is 38.4 Å². The Hall–Kier alpha value is -2.18. The van der Waals surface area contributed by atoms with Crippen molar-refractivity contribution in [3.05, 3.63) is 54.4 Å². The van der Waals surface area contributed by atoms with E-state index in [9.17, 15) is 4.79 Å². The van der Waals surface area contributed by atoms with E-state index in [1.165, 1.54) is 0 Å². The summed E-state index contributed by atoms with van der Waals surface area (Å²) in [5.41, 5.74) is 1.09. The fourth-order valence-electron chi connectivity index (χ4n) is 3.51. The summed E-state index contributed by atoms with van der Waals surface area (Å²) in [6, 6.07) is 11.9. The van der Waals surface area contributed by atoms with E-state index in [2.05, 4.69) is 29.2 Å². The Kier molecular flexibility index (Phi) is 6.41. The van der Waals surface area contributed by atoms with Gasteiger partial charge in [0.2, 0.25) is 5.91 Å². The van der Waals surface area contributed by atoms with Crippen molar-refractivity contribution in [2.45, 2.75) is 45.1 Å². The summed E-state index contributed by atoms with van der Waals surface area (Å²) in [6.45, 7) is 7.30. The van der Waals surface area contributed by atoms with Crippen LogP contribution < -0.4 is 5.32 Å². The maximum absolute atomic E-state index is 12.6. The number of morpholine rings is 1. The van der Waals surface area contributed by atoms with Crippen molar-refractivity contribution in [1.29, 1.82) is 0 Å². The summed E-state index contributed by atoms with van der Waals surface area (Å²) in [5.74, 6) is 0.0674. The Balaban J connectivity index is 1.56. The average Bonchev–Trinajstić information content (AvgIpc) is 3.12. The SMILES string of the molecule is C[C@@H]1CN(CCC(=O)N[C@@H](Cn2cccn2)c2ccccc2)C[C@H](C)O1. The summed E-state index contributed by atoms with van der Waals surface area (Å²) in [7, 11) is 0. The number of nitrogens with one attached hydrogen (secondary N) is 1. The summed E-state index contributed by atoms with van der Waals surface area (Å²) < 4.78 is 7.60. The van der Waals surface area contributed by atoms with Crippen LogP contribution in [0, 0.1) is 0 Å². The Morgan fingerprint density at radius 2 is 1.96 bits per heavy atom. The lowest BCUT2D eigenvalue weighted by molar-refractivity contribution is -0.123. The highest BCUT2D eigenvalue weighted by Crippen LogP contribution is 2.15. The first-order chi connectivity index (χ1) is 12.6. The van der Waals surface area contributed by atoms with Crippen LogP contribution in [-0.2, 0) is 16.1 Å². The lowest BCUT2D eigenvalue weighted by atomic mass is 10.1. The molecule has 0 spiro atoms. The predicted octanol–water partition coefficient (Wildman–Crippen LogP) is 2.24. The molecule has 0 radical (unpaired) electrons. The van der Waals surface area contributed by atoms with Crippen LogP contribution in [-0.4, -0.2) is 52.4 Å². The van der Waals surface area contributed by atoms with Crippen LogP contribution in [0.5, 0.6) is 0 Å². The molecule has 1 fully saturated rings. The molecule has 1 N–H and O–H groups in total. The molecule has 1 aliphatic heterocycles. The molecule has 140 valence electrons. The van der Waals surface area contributed by atoms with E-state index in [4.69, 9.17) is 4.74 Å². The molecule has 6 nitrogen and oxygen atoms in total. The molecule has 1 amide bonds. The Morgan fingerprint density at radius 3 is 2.62 bits per heavy atom. The number of hydrogen-bond acceptors (Lipinski definition) is 4. The van der Waals surface area contributed by atoms with Gasteiger partial charge in [0.1, 0.15) is 0 Å². The van der Waals surface area contributed by atoms with Gasteiger partial charge in [0.15, 0.2) is 0 Å². The highest BCUT2D eigenvalue weighted by Gasteiger charge is 2.23. The number of benzene rings is 1. The second-order valence-electron chi connectivity index (χ2n) is 7.03. The molecular weight excluding hydrogens is 328 g/mol. The molecule has 1 aromatic heterocycles. The quantitative estimate of drug-likeness (QED) is 0.827. The van der Waals surface area contributed by atoms with E-state index in [1.54, 1.807) is 6.20 Å². The normalized spacial score (nSPS) is 22.1. The fourth-order valence-corrected chi connectivity index (χ4v) is 3.51. The van der Waals surface area contributed by atoms with Crippen LogP contribution in [0.2, 0.25) is 0 Å². The van der Waals surface area contributed by atoms with Crippen LogP contribution in [0.1, 0.15) is 31.9 Å². The Labute approximate surface area is 155 Å². The molecule has 1 aromatic carbocycles. The van der Waals surface area contributed by atoms with Gasteiger partial charge in [-0.2, -0.15) is 5.10 Å². The Bertz CT molecular complexity index is 664. The van der Waals surface area contributed by atoms with Crippen LogP contribution in [0.3, 0.4) is 0 Å². The zero-order valence-corrected chi connectivity index (χ0v) is 15.5. The largest absolute Gasteiger partial charge is 0.373 e. The molecule has 6 heteroatoms. The van der Waals surface area contributed by atoms with Gasteiger partial charge < -0.3 is 10.1 Å². The molecule has 3 rings (SSSR count). The molecule has 2 aromatic rings. The molecular formula is C20H28N4O2. The maximum Gasteiger partial charge on any atom is 0.221 e. The molecule has 0 bridgehead atoms. The van der Waals surface area contributed by atoms with Crippen molar-refractivity contribution in [2.24, 2.45) is 0 Å². The minimum absolute atomic E-state index is 0.0674. The first-order valence-corrected chi connectivity index (χ1v) is 9.29. The third-order valence-electron chi connectivity index (χ3n) is 4.62. The smallest absolute Gasteiger partial charge is 0.221 e. The first kappa shape index (κ1) is 18.6. The van der Waals surface area contributed by atoms with Gasteiger partial charge >= 0.3 is 0 Å². The fraction of sp³-hybridized carbons (Fsp3) is 0.500. The lowest BCUT2D eigenvalue weighted by Gasteiger charge is -2.35. The van der Waals surface area contributed by atoms with Crippen molar-refractivity contribution < 1.29 is 9.53 Å². The first-order valence-electron chi connectivity index (χ1n) is 9.29. The van der Waals surface area contributed by atoms with Crippen molar-refractivity contribution >= 4 is 5.91 Å². The monoisotopic (exact) mass is 356 g/mol. The molecule has 26 heavy (non-hydrogen) atoms. The van der Waals surface area contributed by atoms with Gasteiger partial charge in [0.05, 0.1) is 24.8 Å². The molecule has 1 aliphatic rings. The number of carbonyl (C=O) groups is 1. The van der Waals surface area contributed by atoms with Gasteiger partial charge in [-0.15, -0.1) is 0 Å². The van der Waals surface area contributed by atoms with Crippen LogP contribution >= 0.6 is 0 Å². The molecule has 0 aliphatic carbocycles. The molecule has 0 saturated carbocycles. The van der Waals surface area contributed by atoms with Crippen LogP contribution in [0.4, 0.5) is 0 Å². The second kappa shape index (κ2) is 8.96. The summed E-state index contributed by atoms with van der Waals surface area (Å²) in [6.07, 6.45) is 4.60. The van der Waals surface area contributed by atoms with Gasteiger partial charge in [0.25, 0.3) is 0 Å². The standard InChI is InChI=1S/C20H28N4O2/c1-16-13-23(14-17(2)26-16)12-9-20(25)22-19(15-24-11-6-10-21-24)18-7-4-3-5-8-18/h3-8,10-11,16-17,19H,9,12-15H2,1-2H3,(H,22,25)/t16-,17+,19-/m0/s1. The predicted molar refractivity (Wildman–Crippen MR) is 101 cm³/mol. The number of amides is 1. The number of hydrogen-bond donors (Lipinski definition) is 1. The van der Waals surface area contributed by atoms with Gasteiger partial charge in [-0.05, 0) is 25.5 Å². The third kappa shape index (κ3) is 5.41. The maximum atomic E-state index is 12.6. The van der Waals surface area contributed by atoms with Gasteiger partial charge in [-0.25, -0.2) is 0 Å². The van der Waals surface area contributed by atoms with Crippen molar-refractivity contribution in [2.75, 3.05) is 19.6 Å². The summed E-state index contributed by atoms with van der Waals surface area (Å²) in [4.78, 5) is 14.9. The zero-order valence-electron chi connectivity index (χ0n) is 15.5. The van der Waals surface area contributed by atoms with Crippen LogP contribution in [0.15, 0.2) is 48.8 Å². The van der Waals surface area contributed by atoms with Crippen LogP contribution in [0.25, 0.3) is 0 Å². The number of nitrogens with zero attached hydrogens (tertiary/aromatic N) is 3. The van der Waals surface area contributed by atoms with E-state index < -0.39 is 0 Å². The molecule has 2 heterocycles. The summed E-state index contributed by atoms with van der Waals surface area (Å²) in [5, 5.41) is 7.44. The number of ether oxygens (including phenoxy) is 1. The third-order valence-corrected chi connectivity index (χ3v) is 4.62. The lowest BCUT2D eigenvalue weighted by Crippen LogP contribution is -2.46. The van der Waals surface area contributed by atoms with E-state index in [1.807, 2.05) is 47.3 Å².